The Labute approximate surface area is 142 Å². The van der Waals surface area contributed by atoms with Crippen LogP contribution >= 0.6 is 0 Å². The lowest BCUT2D eigenvalue weighted by molar-refractivity contribution is 0.456. The maximum atomic E-state index is 13.5. The Kier molecular flexibility index (Phi) is 6.42. The minimum Gasteiger partial charge on any atom is -0.508 e. The average Bonchev–Trinajstić information content (AvgIpc) is 3.17. The summed E-state index contributed by atoms with van der Waals surface area (Å²) in [6.45, 7) is 0.338. The molecule has 0 radical (unpaired) electrons. The van der Waals surface area contributed by atoms with Gasteiger partial charge in [-0.3, -0.25) is 5.10 Å². The zero-order valence-corrected chi connectivity index (χ0v) is 13.1. The van der Waals surface area contributed by atoms with Crippen molar-refractivity contribution < 1.29 is 13.9 Å². The van der Waals surface area contributed by atoms with E-state index in [2.05, 4.69) is 20.5 Å². The van der Waals surface area contributed by atoms with Gasteiger partial charge in [-0.25, -0.2) is 13.8 Å². The first-order valence-electron chi connectivity index (χ1n) is 7.30. The van der Waals surface area contributed by atoms with Crippen LogP contribution < -0.4 is 5.32 Å². The number of nitrogens with zero attached hydrogens (tertiary/aromatic N) is 3. The van der Waals surface area contributed by atoms with Crippen LogP contribution in [0.5, 0.6) is 5.75 Å². The van der Waals surface area contributed by atoms with Crippen molar-refractivity contribution in [2.24, 2.45) is 0 Å². The summed E-state index contributed by atoms with van der Waals surface area (Å²) >= 11 is 0. The Bertz CT molecular complexity index is 789. The van der Waals surface area contributed by atoms with Gasteiger partial charge in [0.25, 0.3) is 0 Å². The molecule has 25 heavy (non-hydrogen) atoms. The number of benzene rings is 2. The molecule has 0 amide bonds. The lowest BCUT2D eigenvalue weighted by Crippen LogP contribution is -2.07. The van der Waals surface area contributed by atoms with E-state index in [4.69, 9.17) is 10.4 Å². The zero-order chi connectivity index (χ0) is 18.1. The second kappa shape index (κ2) is 8.98. The molecule has 1 heterocycles. The molecule has 0 atom stereocenters. The summed E-state index contributed by atoms with van der Waals surface area (Å²) in [7, 11) is 0. The highest BCUT2D eigenvalue weighted by Crippen LogP contribution is 2.20. The fourth-order valence-corrected chi connectivity index (χ4v) is 1.99. The number of hydrogen-bond acceptors (Lipinski definition) is 5. The van der Waals surface area contributed by atoms with E-state index in [1.54, 1.807) is 24.3 Å². The van der Waals surface area contributed by atoms with Crippen molar-refractivity contribution in [1.29, 1.82) is 5.26 Å². The van der Waals surface area contributed by atoms with Gasteiger partial charge in [-0.1, -0.05) is 0 Å². The molecule has 0 aliphatic rings. The smallest absolute Gasteiger partial charge is 0.137 e. The number of H-pyrrole nitrogens is 1. The molecule has 0 aliphatic carbocycles. The number of halogens is 2. The summed E-state index contributed by atoms with van der Waals surface area (Å²) in [6, 6.07) is 10.5. The fraction of sp³-hybridized carbons (Fsp3) is 0.118. The zero-order valence-electron chi connectivity index (χ0n) is 13.1. The number of aromatic hydroxyl groups is 1. The van der Waals surface area contributed by atoms with Crippen molar-refractivity contribution in [2.75, 3.05) is 11.9 Å². The molecule has 1 aromatic heterocycles. The Morgan fingerprint density at radius 2 is 1.84 bits per heavy atom. The van der Waals surface area contributed by atoms with Crippen molar-refractivity contribution in [3.8, 4) is 11.8 Å². The Morgan fingerprint density at radius 3 is 2.32 bits per heavy atom. The minimum atomic E-state index is -0.760. The van der Waals surface area contributed by atoms with E-state index in [9.17, 15) is 8.78 Å². The van der Waals surface area contributed by atoms with E-state index in [1.165, 1.54) is 12.7 Å². The third kappa shape index (κ3) is 5.58. The van der Waals surface area contributed by atoms with Crippen LogP contribution in [0.2, 0.25) is 0 Å². The van der Waals surface area contributed by atoms with Crippen LogP contribution in [0.15, 0.2) is 49.1 Å². The van der Waals surface area contributed by atoms with Crippen LogP contribution in [-0.4, -0.2) is 26.8 Å². The molecule has 6 nitrogen and oxygen atoms in total. The molecular weight excluding hydrogens is 328 g/mol. The molecule has 0 spiro atoms. The number of phenolic OH excluding ortho intramolecular Hbond substituents is 1. The summed E-state index contributed by atoms with van der Waals surface area (Å²) in [5.41, 5.74) is 1.25. The van der Waals surface area contributed by atoms with Gasteiger partial charge in [-0.05, 0) is 30.7 Å². The molecule has 3 rings (SSSR count). The maximum Gasteiger partial charge on any atom is 0.137 e. The summed E-state index contributed by atoms with van der Waals surface area (Å²) in [5.74, 6) is -1.95. The first kappa shape index (κ1) is 17.9. The summed E-state index contributed by atoms with van der Waals surface area (Å²) < 4.78 is 26.9. The number of hydrogen-bond donors (Lipinski definition) is 3. The molecule has 128 valence electrons. The maximum absolute atomic E-state index is 13.5. The van der Waals surface area contributed by atoms with Gasteiger partial charge in [-0.2, -0.15) is 10.4 Å². The highest BCUT2D eigenvalue weighted by molar-refractivity contribution is 5.47. The molecule has 0 unspecified atom stereocenters. The van der Waals surface area contributed by atoms with Crippen LogP contribution in [0.4, 0.5) is 14.5 Å². The summed E-state index contributed by atoms with van der Waals surface area (Å²) in [4.78, 5) is 3.56. The quantitative estimate of drug-likeness (QED) is 0.676. The molecule has 0 fully saturated rings. The van der Waals surface area contributed by atoms with Crippen LogP contribution in [-0.2, 0) is 6.42 Å². The minimum absolute atomic E-state index is 0.0658. The monoisotopic (exact) mass is 343 g/mol. The van der Waals surface area contributed by atoms with E-state index < -0.39 is 17.4 Å². The molecule has 0 bridgehead atoms. The largest absolute Gasteiger partial charge is 0.508 e. The first-order valence-corrected chi connectivity index (χ1v) is 7.30. The van der Waals surface area contributed by atoms with Crippen LogP contribution in [0.1, 0.15) is 11.1 Å². The highest BCUT2D eigenvalue weighted by atomic mass is 19.1. The predicted octanol–water partition coefficient (Wildman–Crippen LogP) is 3.00. The molecular formula is C17H15F2N5O. The summed E-state index contributed by atoms with van der Waals surface area (Å²) in [5, 5.41) is 26.7. The number of nitriles is 1. The predicted molar refractivity (Wildman–Crippen MR) is 87.8 cm³/mol. The lowest BCUT2D eigenvalue weighted by Gasteiger charge is -2.08. The van der Waals surface area contributed by atoms with Crippen LogP contribution in [0.25, 0.3) is 0 Å². The van der Waals surface area contributed by atoms with Crippen molar-refractivity contribution in [3.05, 3.63) is 71.8 Å². The fourth-order valence-electron chi connectivity index (χ4n) is 1.99. The van der Waals surface area contributed by atoms with Gasteiger partial charge in [0.15, 0.2) is 0 Å². The van der Waals surface area contributed by atoms with Crippen LogP contribution in [0, 0.1) is 23.0 Å². The van der Waals surface area contributed by atoms with Gasteiger partial charge in [0, 0.05) is 29.9 Å². The topological polar surface area (TPSA) is 97.6 Å². The van der Waals surface area contributed by atoms with Crippen molar-refractivity contribution in [3.63, 3.8) is 0 Å². The second-order valence-electron chi connectivity index (χ2n) is 4.91. The average molecular weight is 343 g/mol. The molecule has 0 aliphatic heterocycles. The molecule has 2 aromatic carbocycles. The lowest BCUT2D eigenvalue weighted by atomic mass is 10.1. The number of aromatic amines is 1. The Morgan fingerprint density at radius 1 is 1.16 bits per heavy atom. The van der Waals surface area contributed by atoms with E-state index in [0.717, 1.165) is 17.8 Å². The summed E-state index contributed by atoms with van der Waals surface area (Å²) in [6.07, 6.45) is 3.11. The first-order chi connectivity index (χ1) is 12.1. The molecule has 3 N–H and O–H groups in total. The van der Waals surface area contributed by atoms with Crippen LogP contribution in [0.3, 0.4) is 0 Å². The molecule has 0 saturated carbocycles. The van der Waals surface area contributed by atoms with Gasteiger partial charge in [0.2, 0.25) is 0 Å². The molecule has 0 saturated heterocycles. The number of rotatable bonds is 4. The third-order valence-corrected chi connectivity index (χ3v) is 3.18. The van der Waals surface area contributed by atoms with Gasteiger partial charge in [0.1, 0.15) is 30.0 Å². The van der Waals surface area contributed by atoms with Gasteiger partial charge >= 0.3 is 0 Å². The molecule has 8 heteroatoms. The van der Waals surface area contributed by atoms with Gasteiger partial charge in [-0.15, -0.1) is 0 Å². The number of anilines is 1. The van der Waals surface area contributed by atoms with Crippen molar-refractivity contribution in [1.82, 2.24) is 15.2 Å². The normalized spacial score (nSPS) is 9.64. The van der Waals surface area contributed by atoms with Crippen molar-refractivity contribution in [2.45, 2.75) is 6.42 Å². The molecule has 3 aromatic rings. The standard InChI is InChI=1S/C15H12F2N2O.C2H3N3/c16-14-7-12(20)8-15(17)13(14)5-6-19-11-3-1-10(9-18)2-4-11;1-3-2-5-4-1/h1-4,7-8,19-20H,5-6H2;1-2H,(H,3,4,5). The van der Waals surface area contributed by atoms with Gasteiger partial charge in [0.05, 0.1) is 11.6 Å². The van der Waals surface area contributed by atoms with E-state index >= 15 is 0 Å². The number of phenols is 1. The third-order valence-electron chi connectivity index (χ3n) is 3.18. The van der Waals surface area contributed by atoms with Crippen molar-refractivity contribution >= 4 is 5.69 Å². The highest BCUT2D eigenvalue weighted by Gasteiger charge is 2.10. The Balaban J connectivity index is 0.000000386. The Hall–Kier alpha value is -3.47. The second-order valence-corrected chi connectivity index (χ2v) is 4.91. The number of nitrogens with one attached hydrogen (secondary N) is 2. The van der Waals surface area contributed by atoms with Gasteiger partial charge < -0.3 is 10.4 Å². The van der Waals surface area contributed by atoms with E-state index in [0.29, 0.717) is 12.1 Å². The number of aromatic nitrogens is 3. The van der Waals surface area contributed by atoms with E-state index in [-0.39, 0.29) is 12.0 Å². The van der Waals surface area contributed by atoms with E-state index in [1.807, 2.05) is 6.07 Å². The SMILES string of the molecule is N#Cc1ccc(NCCc2c(F)cc(O)cc2F)cc1.c1nc[nH]n1.